The number of nitrogens with two attached hydrogens (primary N) is 1. The van der Waals surface area contributed by atoms with Crippen LogP contribution in [-0.4, -0.2) is 29.6 Å². The zero-order valence-corrected chi connectivity index (χ0v) is 14.5. The molecule has 124 valence electrons. The molecule has 0 aromatic carbocycles. The number of nitrogens with zero attached hydrogens (tertiary/aromatic N) is 1. The third kappa shape index (κ3) is 5.25. The predicted octanol–water partition coefficient (Wildman–Crippen LogP) is 4.72. The van der Waals surface area contributed by atoms with E-state index in [0.29, 0.717) is 12.1 Å². The maximum absolute atomic E-state index is 6.66. The quantitative estimate of drug-likeness (QED) is 0.798. The fourth-order valence-electron chi connectivity index (χ4n) is 4.56. The fraction of sp³-hybridized carbons (Fsp3) is 1.00. The highest BCUT2D eigenvalue weighted by atomic mass is 15.2. The first-order chi connectivity index (χ1) is 10.2. The van der Waals surface area contributed by atoms with Gasteiger partial charge in [-0.05, 0) is 38.1 Å². The molecule has 3 unspecified atom stereocenters. The first-order valence-electron chi connectivity index (χ1n) is 9.71. The SMILES string of the molecule is CC(C)C1CCCN1C1CCCCCCCCCCC1N. The van der Waals surface area contributed by atoms with E-state index in [2.05, 4.69) is 18.7 Å². The molecular weight excluding hydrogens is 256 g/mol. The van der Waals surface area contributed by atoms with E-state index < -0.39 is 0 Å². The fourth-order valence-corrected chi connectivity index (χ4v) is 4.56. The van der Waals surface area contributed by atoms with Crippen molar-refractivity contribution >= 4 is 0 Å². The first kappa shape index (κ1) is 17.3. The van der Waals surface area contributed by atoms with Crippen LogP contribution in [0.2, 0.25) is 0 Å². The molecule has 1 aliphatic carbocycles. The molecule has 21 heavy (non-hydrogen) atoms. The van der Waals surface area contributed by atoms with Gasteiger partial charge < -0.3 is 5.73 Å². The summed E-state index contributed by atoms with van der Waals surface area (Å²) in [6.07, 6.45) is 16.7. The van der Waals surface area contributed by atoms with Crippen LogP contribution in [0.25, 0.3) is 0 Å². The van der Waals surface area contributed by atoms with Crippen LogP contribution in [0.3, 0.4) is 0 Å². The minimum absolute atomic E-state index is 0.406. The average Bonchev–Trinajstić information content (AvgIpc) is 2.92. The standard InChI is InChI=1S/C19H38N2/c1-16(2)18-14-11-15-21(18)19-13-10-8-6-4-3-5-7-9-12-17(19)20/h16-19H,3-15,20H2,1-2H3. The highest BCUT2D eigenvalue weighted by molar-refractivity contribution is 4.91. The van der Waals surface area contributed by atoms with E-state index in [0.717, 1.165) is 12.0 Å². The summed E-state index contributed by atoms with van der Waals surface area (Å²) in [6, 6.07) is 1.84. The van der Waals surface area contributed by atoms with E-state index in [9.17, 15) is 0 Å². The van der Waals surface area contributed by atoms with Crippen LogP contribution in [0.15, 0.2) is 0 Å². The highest BCUT2D eigenvalue weighted by Gasteiger charge is 2.34. The number of rotatable bonds is 2. The topological polar surface area (TPSA) is 29.3 Å². The lowest BCUT2D eigenvalue weighted by atomic mass is 9.91. The third-order valence-corrected chi connectivity index (χ3v) is 5.82. The smallest absolute Gasteiger partial charge is 0.0250 e. The molecule has 0 bridgehead atoms. The molecule has 2 rings (SSSR count). The van der Waals surface area contributed by atoms with Crippen molar-refractivity contribution in [2.24, 2.45) is 11.7 Å². The normalized spacial score (nSPS) is 34.6. The molecule has 0 amide bonds. The third-order valence-electron chi connectivity index (χ3n) is 5.82. The van der Waals surface area contributed by atoms with Gasteiger partial charge in [-0.25, -0.2) is 0 Å². The Labute approximate surface area is 132 Å². The van der Waals surface area contributed by atoms with Crippen molar-refractivity contribution in [2.75, 3.05) is 6.54 Å². The molecule has 0 aromatic heterocycles. The molecule has 2 nitrogen and oxygen atoms in total. The summed E-state index contributed by atoms with van der Waals surface area (Å²) in [6.45, 7) is 6.08. The molecule has 3 atom stereocenters. The summed E-state index contributed by atoms with van der Waals surface area (Å²) in [5, 5.41) is 0. The van der Waals surface area contributed by atoms with E-state index in [4.69, 9.17) is 5.73 Å². The Balaban J connectivity index is 1.97. The lowest BCUT2D eigenvalue weighted by Crippen LogP contribution is -2.51. The average molecular weight is 295 g/mol. The van der Waals surface area contributed by atoms with Crippen molar-refractivity contribution in [1.29, 1.82) is 0 Å². The molecule has 0 radical (unpaired) electrons. The monoisotopic (exact) mass is 294 g/mol. The second-order valence-corrected chi connectivity index (χ2v) is 7.83. The van der Waals surface area contributed by atoms with Gasteiger partial charge in [0.1, 0.15) is 0 Å². The van der Waals surface area contributed by atoms with Crippen molar-refractivity contribution in [2.45, 2.75) is 109 Å². The summed E-state index contributed by atoms with van der Waals surface area (Å²) in [7, 11) is 0. The van der Waals surface area contributed by atoms with E-state index in [1.165, 1.54) is 83.6 Å². The maximum atomic E-state index is 6.66. The molecular formula is C19H38N2. The van der Waals surface area contributed by atoms with E-state index in [1.807, 2.05) is 0 Å². The molecule has 2 heteroatoms. The summed E-state index contributed by atoms with van der Waals surface area (Å²) in [5.41, 5.74) is 6.66. The molecule has 2 N–H and O–H groups in total. The van der Waals surface area contributed by atoms with Crippen LogP contribution >= 0.6 is 0 Å². The lowest BCUT2D eigenvalue weighted by molar-refractivity contribution is 0.113. The van der Waals surface area contributed by atoms with E-state index in [1.54, 1.807) is 0 Å². The first-order valence-corrected chi connectivity index (χ1v) is 9.71. The molecule has 1 saturated carbocycles. The summed E-state index contributed by atoms with van der Waals surface area (Å²) >= 11 is 0. The van der Waals surface area contributed by atoms with Crippen molar-refractivity contribution < 1.29 is 0 Å². The van der Waals surface area contributed by atoms with Gasteiger partial charge in [-0.1, -0.05) is 65.2 Å². The van der Waals surface area contributed by atoms with Crippen molar-refractivity contribution in [3.63, 3.8) is 0 Å². The Kier molecular flexibility index (Phi) is 7.53. The van der Waals surface area contributed by atoms with Crippen molar-refractivity contribution in [3.8, 4) is 0 Å². The predicted molar refractivity (Wildman–Crippen MR) is 92.5 cm³/mol. The van der Waals surface area contributed by atoms with Crippen LogP contribution in [0, 0.1) is 5.92 Å². The van der Waals surface area contributed by atoms with Crippen molar-refractivity contribution in [1.82, 2.24) is 4.90 Å². The maximum Gasteiger partial charge on any atom is 0.0250 e. The Morgan fingerprint density at radius 1 is 0.762 bits per heavy atom. The van der Waals surface area contributed by atoms with Crippen LogP contribution in [0.5, 0.6) is 0 Å². The Bertz CT molecular complexity index is 277. The van der Waals surface area contributed by atoms with Gasteiger partial charge in [0, 0.05) is 18.1 Å². The molecule has 0 aromatic rings. The summed E-state index contributed by atoms with van der Waals surface area (Å²) in [5.74, 6) is 0.779. The summed E-state index contributed by atoms with van der Waals surface area (Å²) < 4.78 is 0. The van der Waals surface area contributed by atoms with E-state index in [-0.39, 0.29) is 0 Å². The zero-order valence-electron chi connectivity index (χ0n) is 14.5. The van der Waals surface area contributed by atoms with Crippen molar-refractivity contribution in [3.05, 3.63) is 0 Å². The van der Waals surface area contributed by atoms with Gasteiger partial charge in [0.25, 0.3) is 0 Å². The molecule has 1 heterocycles. The van der Waals surface area contributed by atoms with E-state index >= 15 is 0 Å². The zero-order chi connectivity index (χ0) is 15.1. The minimum Gasteiger partial charge on any atom is -0.326 e. The molecule has 0 spiro atoms. The Morgan fingerprint density at radius 3 is 1.95 bits per heavy atom. The Morgan fingerprint density at radius 2 is 1.33 bits per heavy atom. The van der Waals surface area contributed by atoms with Gasteiger partial charge in [-0.3, -0.25) is 4.90 Å². The lowest BCUT2D eigenvalue weighted by Gasteiger charge is -2.39. The van der Waals surface area contributed by atoms with Gasteiger partial charge in [0.15, 0.2) is 0 Å². The molecule has 2 aliphatic rings. The van der Waals surface area contributed by atoms with Crippen LogP contribution in [-0.2, 0) is 0 Å². The van der Waals surface area contributed by atoms with Gasteiger partial charge >= 0.3 is 0 Å². The van der Waals surface area contributed by atoms with Crippen LogP contribution in [0.4, 0.5) is 0 Å². The molecule has 2 fully saturated rings. The molecule has 1 aliphatic heterocycles. The largest absolute Gasteiger partial charge is 0.326 e. The van der Waals surface area contributed by atoms with Gasteiger partial charge in [0.2, 0.25) is 0 Å². The second kappa shape index (κ2) is 9.15. The Hall–Kier alpha value is -0.0800. The number of hydrogen-bond acceptors (Lipinski definition) is 2. The van der Waals surface area contributed by atoms with Crippen LogP contribution < -0.4 is 5.73 Å². The number of likely N-dealkylation sites (tertiary alicyclic amines) is 1. The van der Waals surface area contributed by atoms with Gasteiger partial charge in [-0.2, -0.15) is 0 Å². The highest BCUT2D eigenvalue weighted by Crippen LogP contribution is 2.30. The number of hydrogen-bond donors (Lipinski definition) is 1. The summed E-state index contributed by atoms with van der Waals surface area (Å²) in [4.78, 5) is 2.81. The molecule has 1 saturated heterocycles. The van der Waals surface area contributed by atoms with Gasteiger partial charge in [0.05, 0.1) is 0 Å². The second-order valence-electron chi connectivity index (χ2n) is 7.83. The van der Waals surface area contributed by atoms with Crippen LogP contribution in [0.1, 0.15) is 90.9 Å². The van der Waals surface area contributed by atoms with Gasteiger partial charge in [-0.15, -0.1) is 0 Å². The minimum atomic E-state index is 0.406.